The number of halogens is 3. The Hall–Kier alpha value is -2.10. The number of hydrogen-bond donors (Lipinski definition) is 2. The number of aliphatic imine (C=N–C) groups is 1. The number of nitrogens with zero attached hydrogens (tertiary/aromatic N) is 1. The van der Waals surface area contributed by atoms with Gasteiger partial charge in [0, 0.05) is 24.6 Å². The lowest BCUT2D eigenvalue weighted by Gasteiger charge is -2.26. The molecule has 0 aromatic heterocycles. The third-order valence-corrected chi connectivity index (χ3v) is 4.54. The molecule has 3 rings (SSSR count). The van der Waals surface area contributed by atoms with E-state index in [1.807, 2.05) is 25.1 Å². The van der Waals surface area contributed by atoms with Crippen LogP contribution in [-0.4, -0.2) is 32.3 Å². The highest BCUT2D eigenvalue weighted by atomic mass is 127. The molecule has 5 nitrogen and oxygen atoms in total. The molecule has 0 saturated heterocycles. The molecule has 1 atom stereocenters. The minimum Gasteiger partial charge on any atom is -0.493 e. The Balaban J connectivity index is 0.00000300. The zero-order chi connectivity index (χ0) is 19.8. The van der Waals surface area contributed by atoms with E-state index >= 15 is 0 Å². The summed E-state index contributed by atoms with van der Waals surface area (Å²) in [5, 5.41) is 6.55. The fourth-order valence-electron chi connectivity index (χ4n) is 3.20. The quantitative estimate of drug-likeness (QED) is 0.322. The van der Waals surface area contributed by atoms with E-state index in [4.69, 9.17) is 4.74 Å². The Labute approximate surface area is 186 Å². The summed E-state index contributed by atoms with van der Waals surface area (Å²) in [6.45, 7) is 1.46. The van der Waals surface area contributed by atoms with Crippen LogP contribution in [0.1, 0.15) is 30.4 Å². The summed E-state index contributed by atoms with van der Waals surface area (Å²) in [5.74, 6) is 2.04. The van der Waals surface area contributed by atoms with Crippen LogP contribution >= 0.6 is 24.0 Å². The predicted molar refractivity (Wildman–Crippen MR) is 121 cm³/mol. The van der Waals surface area contributed by atoms with Crippen molar-refractivity contribution in [3.05, 3.63) is 59.7 Å². The van der Waals surface area contributed by atoms with E-state index in [-0.39, 0.29) is 36.3 Å². The molecule has 29 heavy (non-hydrogen) atoms. The first-order valence-electron chi connectivity index (χ1n) is 9.44. The summed E-state index contributed by atoms with van der Waals surface area (Å²) in [6, 6.07) is 14.8. The average molecular weight is 517 g/mol. The molecule has 0 aliphatic carbocycles. The van der Waals surface area contributed by atoms with E-state index < -0.39 is 6.61 Å². The van der Waals surface area contributed by atoms with E-state index in [0.717, 1.165) is 12.2 Å². The molecule has 0 spiro atoms. The highest BCUT2D eigenvalue weighted by Crippen LogP contribution is 2.32. The van der Waals surface area contributed by atoms with Crippen LogP contribution in [0.15, 0.2) is 53.5 Å². The molecule has 2 aromatic carbocycles. The van der Waals surface area contributed by atoms with Gasteiger partial charge in [-0.1, -0.05) is 36.4 Å². The summed E-state index contributed by atoms with van der Waals surface area (Å²) < 4.78 is 35.4. The van der Waals surface area contributed by atoms with Gasteiger partial charge in [-0.3, -0.25) is 0 Å². The maximum Gasteiger partial charge on any atom is 0.387 e. The van der Waals surface area contributed by atoms with Crippen LogP contribution in [-0.2, 0) is 6.54 Å². The standard InChI is InChI=1S/C21H25F2N3O2.HI/c1-2-24-21(26-14-16-7-3-5-9-18(16)28-20(22)23)25-13-15-11-12-27-19-10-6-4-8-17(15)19;/h3-10,15,20H,2,11-14H2,1H3,(H2,24,25,26);1H. The van der Waals surface area contributed by atoms with Crippen molar-refractivity contribution in [3.8, 4) is 11.5 Å². The molecule has 2 aromatic rings. The monoisotopic (exact) mass is 517 g/mol. The largest absolute Gasteiger partial charge is 0.493 e. The lowest BCUT2D eigenvalue weighted by Crippen LogP contribution is -2.40. The fourth-order valence-corrected chi connectivity index (χ4v) is 3.20. The molecular weight excluding hydrogens is 491 g/mol. The topological polar surface area (TPSA) is 54.9 Å². The number of guanidine groups is 1. The smallest absolute Gasteiger partial charge is 0.387 e. The van der Waals surface area contributed by atoms with Crippen molar-refractivity contribution in [2.24, 2.45) is 4.99 Å². The van der Waals surface area contributed by atoms with Crippen molar-refractivity contribution in [2.75, 3.05) is 19.7 Å². The van der Waals surface area contributed by atoms with Gasteiger partial charge in [0.15, 0.2) is 5.96 Å². The van der Waals surface area contributed by atoms with E-state index in [2.05, 4.69) is 26.4 Å². The summed E-state index contributed by atoms with van der Waals surface area (Å²) in [7, 11) is 0. The second kappa shape index (κ2) is 11.8. The van der Waals surface area contributed by atoms with Crippen LogP contribution < -0.4 is 20.1 Å². The first-order chi connectivity index (χ1) is 13.7. The Bertz CT molecular complexity index is 805. The van der Waals surface area contributed by atoms with Crippen molar-refractivity contribution in [1.82, 2.24) is 10.6 Å². The van der Waals surface area contributed by atoms with Crippen molar-refractivity contribution >= 4 is 29.9 Å². The van der Waals surface area contributed by atoms with Gasteiger partial charge in [-0.15, -0.1) is 24.0 Å². The molecule has 1 unspecified atom stereocenters. The number of para-hydroxylation sites is 2. The third kappa shape index (κ3) is 6.73. The molecule has 0 bridgehead atoms. The molecule has 2 N–H and O–H groups in total. The van der Waals surface area contributed by atoms with Crippen molar-refractivity contribution < 1.29 is 18.3 Å². The molecule has 1 aliphatic heterocycles. The molecular formula is C21H26F2IN3O2. The zero-order valence-corrected chi connectivity index (χ0v) is 18.6. The van der Waals surface area contributed by atoms with Crippen LogP contribution in [0.2, 0.25) is 0 Å². The number of benzene rings is 2. The van der Waals surface area contributed by atoms with Gasteiger partial charge >= 0.3 is 6.61 Å². The molecule has 1 heterocycles. The Morgan fingerprint density at radius 2 is 1.93 bits per heavy atom. The maximum atomic E-state index is 12.6. The van der Waals surface area contributed by atoms with E-state index in [9.17, 15) is 8.78 Å². The molecule has 158 valence electrons. The summed E-state index contributed by atoms with van der Waals surface area (Å²) >= 11 is 0. The molecule has 0 radical (unpaired) electrons. The van der Waals surface area contributed by atoms with Crippen LogP contribution in [0, 0.1) is 0 Å². The number of alkyl halides is 2. The minimum absolute atomic E-state index is 0. The highest BCUT2D eigenvalue weighted by molar-refractivity contribution is 14.0. The van der Waals surface area contributed by atoms with Gasteiger partial charge in [0.05, 0.1) is 13.2 Å². The molecule has 1 aliphatic rings. The van der Waals surface area contributed by atoms with E-state index in [1.165, 1.54) is 11.6 Å². The average Bonchev–Trinajstić information content (AvgIpc) is 2.70. The van der Waals surface area contributed by atoms with Crippen molar-refractivity contribution in [2.45, 2.75) is 32.4 Å². The molecule has 0 saturated carbocycles. The Morgan fingerprint density at radius 3 is 2.72 bits per heavy atom. The number of hydrogen-bond acceptors (Lipinski definition) is 3. The van der Waals surface area contributed by atoms with Crippen molar-refractivity contribution in [1.29, 1.82) is 0 Å². The van der Waals surface area contributed by atoms with Gasteiger partial charge < -0.3 is 20.1 Å². The number of fused-ring (bicyclic) bond motifs is 1. The van der Waals surface area contributed by atoms with Crippen LogP contribution in [0.5, 0.6) is 11.5 Å². The van der Waals surface area contributed by atoms with Gasteiger partial charge in [0.2, 0.25) is 0 Å². The molecule has 8 heteroatoms. The summed E-state index contributed by atoms with van der Waals surface area (Å²) in [6.07, 6.45) is 0.925. The Morgan fingerprint density at radius 1 is 1.17 bits per heavy atom. The molecule has 0 amide bonds. The highest BCUT2D eigenvalue weighted by Gasteiger charge is 2.21. The number of ether oxygens (including phenoxy) is 2. The minimum atomic E-state index is -2.86. The van der Waals surface area contributed by atoms with Crippen LogP contribution in [0.4, 0.5) is 8.78 Å². The first kappa shape index (κ1) is 23.2. The second-order valence-electron chi connectivity index (χ2n) is 6.43. The third-order valence-electron chi connectivity index (χ3n) is 4.54. The number of nitrogens with one attached hydrogen (secondary N) is 2. The van der Waals surface area contributed by atoms with Crippen LogP contribution in [0.25, 0.3) is 0 Å². The lowest BCUT2D eigenvalue weighted by atomic mass is 9.93. The fraction of sp³-hybridized carbons (Fsp3) is 0.381. The maximum absolute atomic E-state index is 12.6. The number of rotatable bonds is 7. The van der Waals surface area contributed by atoms with Crippen molar-refractivity contribution in [3.63, 3.8) is 0 Å². The molecule has 0 fully saturated rings. The normalized spacial score (nSPS) is 15.7. The summed E-state index contributed by atoms with van der Waals surface area (Å²) in [5.41, 5.74) is 1.80. The lowest BCUT2D eigenvalue weighted by molar-refractivity contribution is -0.0504. The second-order valence-corrected chi connectivity index (χ2v) is 6.43. The van der Waals surface area contributed by atoms with E-state index in [0.29, 0.717) is 37.1 Å². The SMILES string of the molecule is CCNC(=NCc1ccccc1OC(F)F)NCC1CCOc2ccccc21.I. The zero-order valence-electron chi connectivity index (χ0n) is 16.2. The van der Waals surface area contributed by atoms with Gasteiger partial charge in [-0.25, -0.2) is 4.99 Å². The summed E-state index contributed by atoms with van der Waals surface area (Å²) in [4.78, 5) is 4.53. The van der Waals surface area contributed by atoms with Gasteiger partial charge in [0.1, 0.15) is 11.5 Å². The van der Waals surface area contributed by atoms with E-state index in [1.54, 1.807) is 18.2 Å². The van der Waals surface area contributed by atoms with Gasteiger partial charge in [-0.05, 0) is 31.0 Å². The van der Waals surface area contributed by atoms with Gasteiger partial charge in [-0.2, -0.15) is 8.78 Å². The Kier molecular flexibility index (Phi) is 9.43. The van der Waals surface area contributed by atoms with Crippen LogP contribution in [0.3, 0.4) is 0 Å². The first-order valence-corrected chi connectivity index (χ1v) is 9.44. The van der Waals surface area contributed by atoms with Gasteiger partial charge in [0.25, 0.3) is 0 Å². The predicted octanol–water partition coefficient (Wildman–Crippen LogP) is 4.53.